The smallest absolute Gasteiger partial charge is 0.321 e. The van der Waals surface area contributed by atoms with Gasteiger partial charge in [-0.05, 0) is 13.3 Å². The van der Waals surface area contributed by atoms with Crippen molar-refractivity contribution in [3.8, 4) is 0 Å². The summed E-state index contributed by atoms with van der Waals surface area (Å²) in [4.78, 5) is 22.0. The Balaban J connectivity index is 2.55. The minimum atomic E-state index is -1.36. The molecular formula is C8H12O4S. The van der Waals surface area contributed by atoms with Gasteiger partial charge in [0.1, 0.15) is 11.0 Å². The molecule has 4 nitrogen and oxygen atoms in total. The first kappa shape index (κ1) is 10.4. The van der Waals surface area contributed by atoms with E-state index in [1.54, 1.807) is 6.92 Å². The van der Waals surface area contributed by atoms with Crippen LogP contribution >= 0.6 is 0 Å². The molecule has 2 atom stereocenters. The van der Waals surface area contributed by atoms with Gasteiger partial charge in [-0.1, -0.05) is 0 Å². The fraction of sp³-hybridized carbons (Fsp3) is 0.750. The van der Waals surface area contributed by atoms with Gasteiger partial charge in [0.25, 0.3) is 0 Å². The predicted molar refractivity (Wildman–Crippen MR) is 47.7 cm³/mol. The second-order valence-corrected chi connectivity index (χ2v) is 4.46. The molecule has 0 saturated carbocycles. The van der Waals surface area contributed by atoms with Crippen LogP contribution in [0.25, 0.3) is 0 Å². The van der Waals surface area contributed by atoms with Crippen LogP contribution in [0.4, 0.5) is 0 Å². The molecule has 1 fully saturated rings. The molecule has 1 aliphatic heterocycles. The van der Waals surface area contributed by atoms with E-state index < -0.39 is 22.0 Å². The molecule has 1 heterocycles. The van der Waals surface area contributed by atoms with E-state index in [1.165, 1.54) is 0 Å². The Morgan fingerprint density at radius 1 is 1.69 bits per heavy atom. The van der Waals surface area contributed by atoms with Crippen LogP contribution in [-0.4, -0.2) is 33.6 Å². The Bertz CT molecular complexity index is 249. The zero-order chi connectivity index (χ0) is 9.84. The van der Waals surface area contributed by atoms with Gasteiger partial charge in [-0.25, -0.2) is 0 Å². The molecule has 74 valence electrons. The van der Waals surface area contributed by atoms with Gasteiger partial charge in [0.15, 0.2) is 0 Å². The molecule has 1 saturated heterocycles. The Morgan fingerprint density at radius 2 is 2.38 bits per heavy atom. The zero-order valence-electron chi connectivity index (χ0n) is 7.45. The Kier molecular flexibility index (Phi) is 3.59. The molecule has 1 aliphatic rings. The van der Waals surface area contributed by atoms with Gasteiger partial charge in [0.2, 0.25) is 0 Å². The molecule has 0 aromatic heterocycles. The van der Waals surface area contributed by atoms with Crippen LogP contribution in [-0.2, 0) is 25.1 Å². The van der Waals surface area contributed by atoms with Gasteiger partial charge in [0.05, 0.1) is 12.4 Å². The Hall–Kier alpha value is -0.710. The van der Waals surface area contributed by atoms with E-state index in [0.29, 0.717) is 19.4 Å². The number of hydrogen-bond donors (Lipinski definition) is 0. The summed E-state index contributed by atoms with van der Waals surface area (Å²) in [7, 11) is -1.36. The summed E-state index contributed by atoms with van der Waals surface area (Å²) >= 11 is 0. The first-order chi connectivity index (χ1) is 6.15. The van der Waals surface area contributed by atoms with Crippen LogP contribution in [0.1, 0.15) is 19.8 Å². The highest BCUT2D eigenvalue weighted by molar-refractivity contribution is 7.87. The van der Waals surface area contributed by atoms with Crippen molar-refractivity contribution in [3.63, 3.8) is 0 Å². The standard InChI is InChI=1S/C8H12O4S/c1-2-12-8(10)7-4-3-6(9)5-13(7)11/h7H,2-5H2,1H3/t7-,13-/m1/s1. The third-order valence-corrected chi connectivity index (χ3v) is 3.52. The number of ketones is 1. The van der Waals surface area contributed by atoms with E-state index in [-0.39, 0.29) is 11.5 Å². The molecule has 5 heteroatoms. The summed E-state index contributed by atoms with van der Waals surface area (Å²) in [5.41, 5.74) is 0. The third kappa shape index (κ3) is 2.62. The molecule has 0 spiro atoms. The number of hydrogen-bond acceptors (Lipinski definition) is 4. The number of rotatable bonds is 2. The fourth-order valence-electron chi connectivity index (χ4n) is 1.22. The Labute approximate surface area is 79.1 Å². The van der Waals surface area contributed by atoms with Gasteiger partial charge in [-0.15, -0.1) is 0 Å². The highest BCUT2D eigenvalue weighted by Crippen LogP contribution is 2.15. The van der Waals surface area contributed by atoms with Crippen molar-refractivity contribution in [2.75, 3.05) is 12.4 Å². The molecule has 13 heavy (non-hydrogen) atoms. The van der Waals surface area contributed by atoms with Gasteiger partial charge >= 0.3 is 5.97 Å². The van der Waals surface area contributed by atoms with Crippen LogP contribution in [0.2, 0.25) is 0 Å². The lowest BCUT2D eigenvalue weighted by Crippen LogP contribution is -2.36. The van der Waals surface area contributed by atoms with Crippen LogP contribution in [0.3, 0.4) is 0 Å². The normalized spacial score (nSPS) is 28.5. The zero-order valence-corrected chi connectivity index (χ0v) is 8.26. The number of esters is 1. The van der Waals surface area contributed by atoms with Gasteiger partial charge in [-0.3, -0.25) is 13.8 Å². The second-order valence-electron chi connectivity index (χ2n) is 2.84. The maximum Gasteiger partial charge on any atom is 0.321 e. The largest absolute Gasteiger partial charge is 0.465 e. The van der Waals surface area contributed by atoms with Crippen LogP contribution in [0.5, 0.6) is 0 Å². The van der Waals surface area contributed by atoms with E-state index >= 15 is 0 Å². The molecule has 0 aliphatic carbocycles. The average Bonchev–Trinajstić information content (AvgIpc) is 2.04. The van der Waals surface area contributed by atoms with Crippen molar-refractivity contribution >= 4 is 22.6 Å². The summed E-state index contributed by atoms with van der Waals surface area (Å²) in [6.45, 7) is 2.00. The summed E-state index contributed by atoms with van der Waals surface area (Å²) in [6, 6.07) is 0. The monoisotopic (exact) mass is 204 g/mol. The van der Waals surface area contributed by atoms with Crippen molar-refractivity contribution in [1.29, 1.82) is 0 Å². The summed E-state index contributed by atoms with van der Waals surface area (Å²) < 4.78 is 16.1. The topological polar surface area (TPSA) is 60.4 Å². The SMILES string of the molecule is CCOC(=O)[C@H]1CCC(=O)C[S@]1=O. The van der Waals surface area contributed by atoms with Crippen molar-refractivity contribution < 1.29 is 18.5 Å². The van der Waals surface area contributed by atoms with Crippen LogP contribution in [0.15, 0.2) is 0 Å². The quantitative estimate of drug-likeness (QED) is 0.595. The van der Waals surface area contributed by atoms with Gasteiger partial charge in [0, 0.05) is 17.2 Å². The molecule has 0 unspecified atom stereocenters. The fourth-order valence-corrected chi connectivity index (χ4v) is 2.54. The van der Waals surface area contributed by atoms with Crippen molar-refractivity contribution in [3.05, 3.63) is 0 Å². The lowest BCUT2D eigenvalue weighted by Gasteiger charge is -2.18. The lowest BCUT2D eigenvalue weighted by atomic mass is 10.2. The van der Waals surface area contributed by atoms with E-state index in [2.05, 4.69) is 0 Å². The predicted octanol–water partition coefficient (Wildman–Crippen LogP) is 0.0297. The number of carbonyl (C=O) groups is 2. The minimum Gasteiger partial charge on any atom is -0.465 e. The molecule has 0 aromatic carbocycles. The number of carbonyl (C=O) groups excluding carboxylic acids is 2. The first-order valence-corrected chi connectivity index (χ1v) is 5.59. The molecule has 0 radical (unpaired) electrons. The summed E-state index contributed by atoms with van der Waals surface area (Å²) in [5.74, 6) is -0.462. The van der Waals surface area contributed by atoms with Crippen molar-refractivity contribution in [2.24, 2.45) is 0 Å². The van der Waals surface area contributed by atoms with E-state index in [0.717, 1.165) is 0 Å². The maximum absolute atomic E-state index is 11.3. The molecule has 1 rings (SSSR count). The Morgan fingerprint density at radius 3 is 2.92 bits per heavy atom. The number of Topliss-reactive ketones (excluding diaryl/α,β-unsaturated/α-hetero) is 1. The van der Waals surface area contributed by atoms with Crippen molar-refractivity contribution in [1.82, 2.24) is 0 Å². The van der Waals surface area contributed by atoms with Crippen molar-refractivity contribution in [2.45, 2.75) is 25.0 Å². The van der Waals surface area contributed by atoms with E-state index in [9.17, 15) is 13.8 Å². The first-order valence-electron chi connectivity index (χ1n) is 4.20. The highest BCUT2D eigenvalue weighted by atomic mass is 32.2. The summed E-state index contributed by atoms with van der Waals surface area (Å²) in [6.07, 6.45) is 0.708. The van der Waals surface area contributed by atoms with E-state index in [1.807, 2.05) is 0 Å². The molecular weight excluding hydrogens is 192 g/mol. The minimum absolute atomic E-state index is 0.00345. The third-order valence-electron chi connectivity index (χ3n) is 1.86. The lowest BCUT2D eigenvalue weighted by molar-refractivity contribution is -0.142. The molecule has 0 aromatic rings. The van der Waals surface area contributed by atoms with Gasteiger partial charge < -0.3 is 4.74 Å². The second kappa shape index (κ2) is 4.50. The molecule has 0 bridgehead atoms. The molecule has 0 N–H and O–H groups in total. The van der Waals surface area contributed by atoms with E-state index in [4.69, 9.17) is 4.74 Å². The maximum atomic E-state index is 11.3. The van der Waals surface area contributed by atoms with Gasteiger partial charge in [-0.2, -0.15) is 0 Å². The number of ether oxygens (including phenoxy) is 1. The average molecular weight is 204 g/mol. The highest BCUT2D eigenvalue weighted by Gasteiger charge is 2.32. The summed E-state index contributed by atoms with van der Waals surface area (Å²) in [5, 5.41) is -0.586. The van der Waals surface area contributed by atoms with Crippen LogP contribution in [0, 0.1) is 0 Å². The molecule has 0 amide bonds. The van der Waals surface area contributed by atoms with Crippen LogP contribution < -0.4 is 0 Å².